The zero-order valence-corrected chi connectivity index (χ0v) is 15.6. The van der Waals surface area contributed by atoms with E-state index in [1.807, 2.05) is 6.07 Å². The van der Waals surface area contributed by atoms with E-state index < -0.39 is 0 Å². The molecule has 2 amide bonds. The molecule has 144 valence electrons. The quantitative estimate of drug-likeness (QED) is 0.482. The van der Waals surface area contributed by atoms with Gasteiger partial charge >= 0.3 is 0 Å². The average molecular weight is 386 g/mol. The number of nitrogens with one attached hydrogen (secondary N) is 3. The molecule has 0 aliphatic carbocycles. The Balaban J connectivity index is 1.53. The van der Waals surface area contributed by atoms with Gasteiger partial charge in [-0.2, -0.15) is 5.10 Å². The molecule has 0 saturated carbocycles. The molecule has 0 unspecified atom stereocenters. The molecule has 0 spiro atoms. The number of hydrogen-bond acceptors (Lipinski definition) is 4. The fourth-order valence-corrected chi connectivity index (χ4v) is 2.94. The summed E-state index contributed by atoms with van der Waals surface area (Å²) in [6.07, 6.45) is 1.71. The van der Waals surface area contributed by atoms with Gasteiger partial charge in [-0.15, -0.1) is 0 Å². The number of carbonyl (C=O) groups is 2. The van der Waals surface area contributed by atoms with E-state index >= 15 is 0 Å². The Morgan fingerprint density at radius 3 is 2.52 bits per heavy atom. The Morgan fingerprint density at radius 2 is 1.72 bits per heavy atom. The number of amides is 2. The minimum atomic E-state index is -0.325. The van der Waals surface area contributed by atoms with Crippen LogP contribution in [0.1, 0.15) is 20.7 Å². The number of fused-ring (bicyclic) bond motifs is 1. The Labute approximate surface area is 166 Å². The summed E-state index contributed by atoms with van der Waals surface area (Å²) in [6, 6.07) is 19.1. The van der Waals surface area contributed by atoms with E-state index in [0.717, 1.165) is 10.9 Å². The Morgan fingerprint density at radius 1 is 0.931 bits per heavy atom. The monoisotopic (exact) mass is 386 g/mol. The molecule has 0 atom stereocenters. The maximum Gasteiger partial charge on any atom is 0.257 e. The van der Waals surface area contributed by atoms with Crippen molar-refractivity contribution in [2.75, 3.05) is 17.7 Å². The molecule has 7 nitrogen and oxygen atoms in total. The van der Waals surface area contributed by atoms with Crippen LogP contribution < -0.4 is 15.4 Å². The first-order valence-corrected chi connectivity index (χ1v) is 8.93. The summed E-state index contributed by atoms with van der Waals surface area (Å²) in [7, 11) is 1.56. The first-order valence-electron chi connectivity index (χ1n) is 8.93. The lowest BCUT2D eigenvalue weighted by Crippen LogP contribution is -2.18. The maximum absolute atomic E-state index is 12.8. The third kappa shape index (κ3) is 3.93. The van der Waals surface area contributed by atoms with Gasteiger partial charge in [0.05, 0.1) is 30.1 Å². The summed E-state index contributed by atoms with van der Waals surface area (Å²) < 4.78 is 5.11. The van der Waals surface area contributed by atoms with E-state index in [0.29, 0.717) is 28.3 Å². The van der Waals surface area contributed by atoms with E-state index in [1.54, 1.807) is 74.0 Å². The molecule has 3 N–H and O–H groups in total. The van der Waals surface area contributed by atoms with Crippen molar-refractivity contribution in [2.45, 2.75) is 0 Å². The second kappa shape index (κ2) is 7.85. The summed E-state index contributed by atoms with van der Waals surface area (Å²) >= 11 is 0. The second-order valence-corrected chi connectivity index (χ2v) is 6.35. The molecule has 0 saturated heterocycles. The third-order valence-electron chi connectivity index (χ3n) is 4.47. The highest BCUT2D eigenvalue weighted by molar-refractivity contribution is 6.12. The molecule has 0 radical (unpaired) electrons. The number of H-pyrrole nitrogens is 1. The van der Waals surface area contributed by atoms with Gasteiger partial charge in [-0.05, 0) is 54.6 Å². The van der Waals surface area contributed by atoms with Crippen molar-refractivity contribution in [2.24, 2.45) is 0 Å². The number of aromatic nitrogens is 2. The number of rotatable bonds is 5. The van der Waals surface area contributed by atoms with E-state index in [1.165, 1.54) is 0 Å². The summed E-state index contributed by atoms with van der Waals surface area (Å²) in [6.45, 7) is 0. The van der Waals surface area contributed by atoms with Crippen LogP contribution in [0.2, 0.25) is 0 Å². The lowest BCUT2D eigenvalue weighted by atomic mass is 10.1. The van der Waals surface area contributed by atoms with Gasteiger partial charge in [0, 0.05) is 16.6 Å². The molecule has 7 heteroatoms. The first kappa shape index (κ1) is 18.2. The SMILES string of the molecule is COc1ccc(C(=O)Nc2ccccc2C(=O)Nc2ccc3cn[nH]c3c2)cc1. The number of benzene rings is 3. The van der Waals surface area contributed by atoms with E-state index in [2.05, 4.69) is 20.8 Å². The Bertz CT molecular complexity index is 1180. The molecule has 0 bridgehead atoms. The summed E-state index contributed by atoms with van der Waals surface area (Å²) in [5, 5.41) is 13.5. The van der Waals surface area contributed by atoms with Gasteiger partial charge in [0.1, 0.15) is 5.75 Å². The van der Waals surface area contributed by atoms with Crippen molar-refractivity contribution in [3.63, 3.8) is 0 Å². The van der Waals surface area contributed by atoms with Gasteiger partial charge in [0.2, 0.25) is 0 Å². The van der Waals surface area contributed by atoms with E-state index in [9.17, 15) is 9.59 Å². The normalized spacial score (nSPS) is 10.5. The molecule has 29 heavy (non-hydrogen) atoms. The van der Waals surface area contributed by atoms with Gasteiger partial charge in [-0.25, -0.2) is 0 Å². The summed E-state index contributed by atoms with van der Waals surface area (Å²) in [4.78, 5) is 25.4. The molecule has 1 heterocycles. The lowest BCUT2D eigenvalue weighted by Gasteiger charge is -2.12. The Hall–Kier alpha value is -4.13. The van der Waals surface area contributed by atoms with Gasteiger partial charge in [0.25, 0.3) is 11.8 Å². The van der Waals surface area contributed by atoms with Crippen LogP contribution in [0, 0.1) is 0 Å². The minimum absolute atomic E-state index is 0.313. The topological polar surface area (TPSA) is 96.1 Å². The highest BCUT2D eigenvalue weighted by Crippen LogP contribution is 2.21. The Kier molecular flexibility index (Phi) is 4.94. The van der Waals surface area contributed by atoms with E-state index in [4.69, 9.17) is 4.74 Å². The number of carbonyl (C=O) groups excluding carboxylic acids is 2. The van der Waals surface area contributed by atoms with Gasteiger partial charge < -0.3 is 15.4 Å². The number of methoxy groups -OCH3 is 1. The van der Waals surface area contributed by atoms with Crippen LogP contribution in [-0.2, 0) is 0 Å². The van der Waals surface area contributed by atoms with Crippen molar-refractivity contribution in [1.29, 1.82) is 0 Å². The summed E-state index contributed by atoms with van der Waals surface area (Å²) in [5.41, 5.74) is 2.70. The van der Waals surface area contributed by atoms with Crippen molar-refractivity contribution in [1.82, 2.24) is 10.2 Å². The number of para-hydroxylation sites is 1. The zero-order valence-electron chi connectivity index (χ0n) is 15.6. The first-order chi connectivity index (χ1) is 14.1. The standard InChI is InChI=1S/C22H18N4O3/c1-29-17-10-7-14(8-11-17)21(27)25-19-5-3-2-4-18(19)22(28)24-16-9-6-15-13-23-26-20(15)12-16/h2-13H,1H3,(H,23,26)(H,24,28)(H,25,27). The third-order valence-corrected chi connectivity index (χ3v) is 4.47. The van der Waals surface area contributed by atoms with Crippen LogP contribution >= 0.6 is 0 Å². The molecule has 4 rings (SSSR count). The fraction of sp³-hybridized carbons (Fsp3) is 0.0455. The van der Waals surface area contributed by atoms with Crippen LogP contribution in [0.5, 0.6) is 5.75 Å². The van der Waals surface area contributed by atoms with Crippen molar-refractivity contribution >= 4 is 34.1 Å². The van der Waals surface area contributed by atoms with Crippen LogP contribution in [0.3, 0.4) is 0 Å². The molecule has 0 fully saturated rings. The summed E-state index contributed by atoms with van der Waals surface area (Å²) in [5.74, 6) is 0.0249. The molecule has 3 aromatic carbocycles. The van der Waals surface area contributed by atoms with Gasteiger partial charge in [-0.1, -0.05) is 12.1 Å². The number of hydrogen-bond donors (Lipinski definition) is 3. The zero-order chi connectivity index (χ0) is 20.2. The highest BCUT2D eigenvalue weighted by atomic mass is 16.5. The maximum atomic E-state index is 12.8. The van der Waals surface area contributed by atoms with Crippen LogP contribution in [0.25, 0.3) is 10.9 Å². The van der Waals surface area contributed by atoms with Crippen molar-refractivity contribution in [3.05, 3.63) is 84.1 Å². The molecule has 0 aliphatic rings. The second-order valence-electron chi connectivity index (χ2n) is 6.35. The minimum Gasteiger partial charge on any atom is -0.497 e. The molecule has 0 aliphatic heterocycles. The largest absolute Gasteiger partial charge is 0.497 e. The van der Waals surface area contributed by atoms with E-state index in [-0.39, 0.29) is 11.8 Å². The van der Waals surface area contributed by atoms with Crippen LogP contribution in [-0.4, -0.2) is 29.1 Å². The molecular weight excluding hydrogens is 368 g/mol. The van der Waals surface area contributed by atoms with Crippen LogP contribution in [0.4, 0.5) is 11.4 Å². The van der Waals surface area contributed by atoms with Crippen molar-refractivity contribution in [3.8, 4) is 5.75 Å². The van der Waals surface area contributed by atoms with Gasteiger partial charge in [-0.3, -0.25) is 14.7 Å². The smallest absolute Gasteiger partial charge is 0.257 e. The number of anilines is 2. The predicted molar refractivity (Wildman–Crippen MR) is 111 cm³/mol. The highest BCUT2D eigenvalue weighted by Gasteiger charge is 2.15. The lowest BCUT2D eigenvalue weighted by molar-refractivity contribution is 0.102. The molecular formula is C22H18N4O3. The molecule has 4 aromatic rings. The predicted octanol–water partition coefficient (Wildman–Crippen LogP) is 4.08. The van der Waals surface area contributed by atoms with Crippen molar-refractivity contribution < 1.29 is 14.3 Å². The average Bonchev–Trinajstić information content (AvgIpc) is 3.22. The fourth-order valence-electron chi connectivity index (χ4n) is 2.94. The number of aromatic amines is 1. The van der Waals surface area contributed by atoms with Gasteiger partial charge in [0.15, 0.2) is 0 Å². The molecule has 1 aromatic heterocycles. The number of nitrogens with zero attached hydrogens (tertiary/aromatic N) is 1. The number of ether oxygens (including phenoxy) is 1. The van der Waals surface area contributed by atoms with Crippen LogP contribution in [0.15, 0.2) is 72.9 Å².